The molecule has 0 bridgehead atoms. The maximum absolute atomic E-state index is 12.6. The third-order valence-corrected chi connectivity index (χ3v) is 2.69. The van der Waals surface area contributed by atoms with Crippen molar-refractivity contribution < 1.29 is 13.2 Å². The average molecular weight is 297 g/mol. The van der Waals surface area contributed by atoms with E-state index in [-0.39, 0.29) is 11.6 Å². The molecule has 0 amide bonds. The molecule has 8 heteroatoms. The van der Waals surface area contributed by atoms with Crippen LogP contribution in [0.25, 0.3) is 0 Å². The van der Waals surface area contributed by atoms with Gasteiger partial charge in [0.15, 0.2) is 0 Å². The van der Waals surface area contributed by atoms with Crippen LogP contribution in [0, 0.1) is 0 Å². The van der Waals surface area contributed by atoms with Gasteiger partial charge in [-0.15, -0.1) is 0 Å². The van der Waals surface area contributed by atoms with E-state index in [0.29, 0.717) is 13.0 Å². The Balaban J connectivity index is 2.05. The van der Waals surface area contributed by atoms with Crippen LogP contribution in [0.2, 0.25) is 0 Å². The van der Waals surface area contributed by atoms with Gasteiger partial charge in [-0.3, -0.25) is 0 Å². The van der Waals surface area contributed by atoms with Gasteiger partial charge < -0.3 is 10.7 Å². The van der Waals surface area contributed by atoms with Crippen LogP contribution in [0.5, 0.6) is 0 Å². The number of alkyl halides is 3. The van der Waals surface area contributed by atoms with Gasteiger partial charge in [0.1, 0.15) is 11.6 Å². The summed E-state index contributed by atoms with van der Waals surface area (Å²) in [6.45, 7) is 0.447. The van der Waals surface area contributed by atoms with Gasteiger partial charge in [0.05, 0.1) is 0 Å². The van der Waals surface area contributed by atoms with E-state index in [2.05, 4.69) is 20.7 Å². The number of hydrogen-bond acceptors (Lipinski definition) is 5. The van der Waals surface area contributed by atoms with Crippen LogP contribution in [0.3, 0.4) is 0 Å². The molecule has 0 aliphatic carbocycles. The highest BCUT2D eigenvalue weighted by atomic mass is 19.4. The number of nitrogens with two attached hydrogens (primary N) is 1. The average Bonchev–Trinajstić information content (AvgIpc) is 2.47. The van der Waals surface area contributed by atoms with E-state index in [0.717, 1.165) is 5.56 Å². The zero-order valence-corrected chi connectivity index (χ0v) is 11.0. The van der Waals surface area contributed by atoms with Crippen LogP contribution < -0.4 is 16.6 Å². The summed E-state index contributed by atoms with van der Waals surface area (Å²) < 4.78 is 37.9. The summed E-state index contributed by atoms with van der Waals surface area (Å²) >= 11 is 0. The van der Waals surface area contributed by atoms with E-state index in [1.807, 2.05) is 30.3 Å². The lowest BCUT2D eigenvalue weighted by atomic mass is 10.1. The number of anilines is 2. The minimum absolute atomic E-state index is 0.0706. The van der Waals surface area contributed by atoms with Gasteiger partial charge in [-0.05, 0) is 12.0 Å². The van der Waals surface area contributed by atoms with Gasteiger partial charge in [-0.25, -0.2) is 15.8 Å². The summed E-state index contributed by atoms with van der Waals surface area (Å²) in [6.07, 6.45) is -3.96. The van der Waals surface area contributed by atoms with Crippen LogP contribution in [-0.2, 0) is 12.6 Å². The standard InChI is InChI=1S/C13H14F3N5/c14-13(15,16)12-19-10(8-11(20-12)21-17)18-7-6-9-4-2-1-3-5-9/h1-5,8H,6-7,17H2,(H2,18,19,20,21). The number of halogens is 3. The number of rotatable bonds is 5. The highest BCUT2D eigenvalue weighted by Crippen LogP contribution is 2.28. The molecule has 0 atom stereocenters. The quantitative estimate of drug-likeness (QED) is 0.584. The third kappa shape index (κ3) is 4.32. The summed E-state index contributed by atoms with van der Waals surface area (Å²) in [5.74, 6) is 3.85. The molecule has 0 spiro atoms. The Kier molecular flexibility index (Phi) is 4.59. The maximum Gasteiger partial charge on any atom is 0.451 e. The molecule has 5 nitrogen and oxygen atoms in total. The molecular formula is C13H14F3N5. The van der Waals surface area contributed by atoms with Gasteiger partial charge in [-0.1, -0.05) is 30.3 Å². The van der Waals surface area contributed by atoms with Crippen LogP contribution >= 0.6 is 0 Å². The van der Waals surface area contributed by atoms with E-state index in [1.54, 1.807) is 0 Å². The lowest BCUT2D eigenvalue weighted by Gasteiger charge is -2.11. The van der Waals surface area contributed by atoms with E-state index in [9.17, 15) is 13.2 Å². The minimum Gasteiger partial charge on any atom is -0.370 e. The molecule has 4 N–H and O–H groups in total. The molecule has 0 saturated carbocycles. The van der Waals surface area contributed by atoms with Crippen LogP contribution in [0.4, 0.5) is 24.8 Å². The van der Waals surface area contributed by atoms with Crippen molar-refractivity contribution >= 4 is 11.6 Å². The zero-order chi connectivity index (χ0) is 15.3. The largest absolute Gasteiger partial charge is 0.451 e. The molecule has 1 aromatic heterocycles. The Morgan fingerprint density at radius 2 is 1.71 bits per heavy atom. The summed E-state index contributed by atoms with van der Waals surface area (Å²) in [5, 5.41) is 2.83. The van der Waals surface area contributed by atoms with E-state index in [4.69, 9.17) is 5.84 Å². The highest BCUT2D eigenvalue weighted by Gasteiger charge is 2.35. The Bertz CT molecular complexity index is 586. The van der Waals surface area contributed by atoms with E-state index in [1.165, 1.54) is 6.07 Å². The molecule has 2 rings (SSSR count). The second-order valence-electron chi connectivity index (χ2n) is 4.27. The molecule has 0 aliphatic rings. The number of hydrazine groups is 1. The van der Waals surface area contributed by atoms with Gasteiger partial charge >= 0.3 is 6.18 Å². The first-order chi connectivity index (χ1) is 9.99. The summed E-state index contributed by atoms with van der Waals surface area (Å²) in [4.78, 5) is 6.72. The lowest BCUT2D eigenvalue weighted by Crippen LogP contribution is -2.17. The predicted octanol–water partition coefficient (Wildman–Crippen LogP) is 2.44. The molecule has 0 unspecified atom stereocenters. The fourth-order valence-corrected chi connectivity index (χ4v) is 1.72. The SMILES string of the molecule is NNc1cc(NCCc2ccccc2)nc(C(F)(F)F)n1. The first-order valence-electron chi connectivity index (χ1n) is 6.20. The highest BCUT2D eigenvalue weighted by molar-refractivity contribution is 5.47. The maximum atomic E-state index is 12.6. The number of hydrogen-bond donors (Lipinski definition) is 3. The van der Waals surface area contributed by atoms with Crippen molar-refractivity contribution in [2.75, 3.05) is 17.3 Å². The van der Waals surface area contributed by atoms with Crippen molar-refractivity contribution in [3.8, 4) is 0 Å². The fraction of sp³-hybridized carbons (Fsp3) is 0.231. The lowest BCUT2D eigenvalue weighted by molar-refractivity contribution is -0.144. The second-order valence-corrected chi connectivity index (χ2v) is 4.27. The Labute approximate surface area is 119 Å². The molecule has 0 fully saturated rings. The normalized spacial score (nSPS) is 11.2. The molecule has 21 heavy (non-hydrogen) atoms. The molecular weight excluding hydrogens is 283 g/mol. The number of nitrogens with zero attached hydrogens (tertiary/aromatic N) is 2. The van der Waals surface area contributed by atoms with Crippen molar-refractivity contribution in [2.24, 2.45) is 5.84 Å². The second kappa shape index (κ2) is 6.40. The summed E-state index contributed by atoms with van der Waals surface area (Å²) in [5.41, 5.74) is 3.17. The molecule has 1 heterocycles. The third-order valence-electron chi connectivity index (χ3n) is 2.69. The minimum atomic E-state index is -4.62. The monoisotopic (exact) mass is 297 g/mol. The van der Waals surface area contributed by atoms with Crippen molar-refractivity contribution in [3.05, 3.63) is 47.8 Å². The molecule has 0 radical (unpaired) electrons. The molecule has 2 aromatic rings. The van der Waals surface area contributed by atoms with Crippen LogP contribution in [-0.4, -0.2) is 16.5 Å². The van der Waals surface area contributed by atoms with Crippen molar-refractivity contribution in [2.45, 2.75) is 12.6 Å². The van der Waals surface area contributed by atoms with Crippen molar-refractivity contribution in [3.63, 3.8) is 0 Å². The summed E-state index contributed by atoms with van der Waals surface area (Å²) in [7, 11) is 0. The van der Waals surface area contributed by atoms with Gasteiger partial charge in [-0.2, -0.15) is 13.2 Å². The van der Waals surface area contributed by atoms with Gasteiger partial charge in [0.2, 0.25) is 5.82 Å². The Morgan fingerprint density at radius 1 is 1.05 bits per heavy atom. The van der Waals surface area contributed by atoms with E-state index < -0.39 is 12.0 Å². The number of benzene rings is 1. The zero-order valence-electron chi connectivity index (χ0n) is 11.0. The van der Waals surface area contributed by atoms with Crippen LogP contribution in [0.15, 0.2) is 36.4 Å². The number of aromatic nitrogens is 2. The first kappa shape index (κ1) is 15.0. The molecule has 0 saturated heterocycles. The van der Waals surface area contributed by atoms with Crippen LogP contribution in [0.1, 0.15) is 11.4 Å². The first-order valence-corrected chi connectivity index (χ1v) is 6.20. The smallest absolute Gasteiger partial charge is 0.370 e. The Morgan fingerprint density at radius 3 is 2.33 bits per heavy atom. The number of nitrogen functional groups attached to an aromatic ring is 1. The Hall–Kier alpha value is -2.35. The van der Waals surface area contributed by atoms with Gasteiger partial charge in [0.25, 0.3) is 0 Å². The van der Waals surface area contributed by atoms with E-state index >= 15 is 0 Å². The van der Waals surface area contributed by atoms with Crippen molar-refractivity contribution in [1.29, 1.82) is 0 Å². The predicted molar refractivity (Wildman–Crippen MR) is 73.5 cm³/mol. The number of nitrogens with one attached hydrogen (secondary N) is 2. The molecule has 1 aromatic carbocycles. The topological polar surface area (TPSA) is 75.9 Å². The molecule has 0 aliphatic heterocycles. The summed E-state index contributed by atoms with van der Waals surface area (Å²) in [6, 6.07) is 10.9. The van der Waals surface area contributed by atoms with Gasteiger partial charge in [0, 0.05) is 12.6 Å². The van der Waals surface area contributed by atoms with Crippen molar-refractivity contribution in [1.82, 2.24) is 9.97 Å². The molecule has 112 valence electrons. The fourth-order valence-electron chi connectivity index (χ4n) is 1.72.